The fourth-order valence-corrected chi connectivity index (χ4v) is 3.49. The van der Waals surface area contributed by atoms with E-state index in [0.29, 0.717) is 36.2 Å². The van der Waals surface area contributed by atoms with Crippen LogP contribution in [-0.2, 0) is 6.42 Å². The quantitative estimate of drug-likeness (QED) is 0.436. The number of H-pyrrole nitrogens is 1. The molecule has 0 unspecified atom stereocenters. The number of benzene rings is 1. The Labute approximate surface area is 179 Å². The molecule has 2 aromatic heterocycles. The fraction of sp³-hybridized carbons (Fsp3) is 0.318. The maximum absolute atomic E-state index is 14.7. The van der Waals surface area contributed by atoms with E-state index in [4.69, 9.17) is 0 Å². The van der Waals surface area contributed by atoms with Gasteiger partial charge >= 0.3 is 11.9 Å². The number of aromatic nitrogens is 3. The number of anilines is 2. The first kappa shape index (κ1) is 21.7. The summed E-state index contributed by atoms with van der Waals surface area (Å²) in [5.41, 5.74) is -1.58. The zero-order valence-electron chi connectivity index (χ0n) is 17.1. The minimum Gasteiger partial charge on any atom is -0.324 e. The van der Waals surface area contributed by atoms with Gasteiger partial charge in [0.1, 0.15) is 5.41 Å². The monoisotopic (exact) mass is 448 g/mol. The first-order chi connectivity index (χ1) is 15.0. The second-order valence-corrected chi connectivity index (χ2v) is 7.96. The van der Waals surface area contributed by atoms with Crippen molar-refractivity contribution >= 4 is 22.4 Å². The molecule has 4 rings (SSSR count). The molecule has 1 aliphatic heterocycles. The summed E-state index contributed by atoms with van der Waals surface area (Å²) >= 11 is 0. The highest BCUT2D eigenvalue weighted by molar-refractivity contribution is 5.92. The molecule has 0 atom stereocenters. The lowest BCUT2D eigenvalue weighted by atomic mass is 9.92. The Morgan fingerprint density at radius 1 is 1.16 bits per heavy atom. The maximum Gasteiger partial charge on any atom is 0.404 e. The van der Waals surface area contributed by atoms with E-state index in [9.17, 15) is 26.7 Å². The van der Waals surface area contributed by atoms with Gasteiger partial charge in [0.25, 0.3) is 0 Å². The van der Waals surface area contributed by atoms with Crippen molar-refractivity contribution in [3.63, 3.8) is 0 Å². The van der Waals surface area contributed by atoms with Crippen molar-refractivity contribution in [2.75, 3.05) is 11.4 Å². The van der Waals surface area contributed by atoms with Gasteiger partial charge in [0.15, 0.2) is 17.5 Å². The molecule has 166 valence electrons. The Morgan fingerprint density at radius 2 is 1.91 bits per heavy atom. The summed E-state index contributed by atoms with van der Waals surface area (Å²) in [6.45, 7) is 2.29. The first-order valence-electron chi connectivity index (χ1n) is 9.72. The molecule has 1 aliphatic rings. The molecule has 10 heteroatoms. The molecule has 3 heterocycles. The van der Waals surface area contributed by atoms with Crippen molar-refractivity contribution < 1.29 is 22.0 Å². The van der Waals surface area contributed by atoms with Crippen LogP contribution in [0.4, 0.5) is 33.5 Å². The molecule has 0 amide bonds. The van der Waals surface area contributed by atoms with E-state index >= 15 is 0 Å². The van der Waals surface area contributed by atoms with Gasteiger partial charge in [0, 0.05) is 18.3 Å². The highest BCUT2D eigenvalue weighted by Gasteiger charge is 2.46. The zero-order valence-corrected chi connectivity index (χ0v) is 17.1. The van der Waals surface area contributed by atoms with Crippen LogP contribution >= 0.6 is 0 Å². The molecular weight excluding hydrogens is 431 g/mol. The van der Waals surface area contributed by atoms with Gasteiger partial charge in [-0.2, -0.15) is 18.2 Å². The molecule has 5 nitrogen and oxygen atoms in total. The van der Waals surface area contributed by atoms with Crippen molar-refractivity contribution in [1.82, 2.24) is 15.0 Å². The molecule has 32 heavy (non-hydrogen) atoms. The molecule has 0 saturated heterocycles. The van der Waals surface area contributed by atoms with Crippen molar-refractivity contribution in [2.45, 2.75) is 32.9 Å². The van der Waals surface area contributed by atoms with Gasteiger partial charge in [0.2, 0.25) is 0 Å². The van der Waals surface area contributed by atoms with Gasteiger partial charge in [0.05, 0.1) is 22.8 Å². The Hall–Kier alpha value is -3.48. The van der Waals surface area contributed by atoms with Gasteiger partial charge in [-0.3, -0.25) is 4.98 Å². The lowest BCUT2D eigenvalue weighted by molar-refractivity contribution is -0.190. The molecular formula is C22H17F5N4O. The summed E-state index contributed by atoms with van der Waals surface area (Å²) in [7, 11) is 0. The molecule has 0 spiro atoms. The predicted molar refractivity (Wildman–Crippen MR) is 109 cm³/mol. The normalized spacial score (nSPS) is 14.2. The van der Waals surface area contributed by atoms with Crippen molar-refractivity contribution in [3.05, 3.63) is 57.8 Å². The second-order valence-electron chi connectivity index (χ2n) is 7.96. The van der Waals surface area contributed by atoms with Gasteiger partial charge in [-0.1, -0.05) is 11.8 Å². The van der Waals surface area contributed by atoms with Crippen molar-refractivity contribution in [2.24, 2.45) is 5.41 Å². The summed E-state index contributed by atoms with van der Waals surface area (Å²) in [6.07, 6.45) is -0.681. The number of pyridine rings is 1. The molecule has 0 fully saturated rings. The number of aromatic amines is 1. The van der Waals surface area contributed by atoms with Crippen LogP contribution < -0.4 is 10.6 Å². The van der Waals surface area contributed by atoms with E-state index in [-0.39, 0.29) is 16.7 Å². The number of hydrogen-bond donors (Lipinski definition) is 1. The Balaban J connectivity index is 1.88. The van der Waals surface area contributed by atoms with E-state index in [1.165, 1.54) is 23.4 Å². The first-order valence-corrected chi connectivity index (χ1v) is 9.72. The molecule has 0 radical (unpaired) electrons. The number of hydrogen-bond acceptors (Lipinski definition) is 4. The number of nitrogens with one attached hydrogen (secondary N) is 1. The standard InChI is InChI=1S/C22H17F5N4O/c1-21(2,22(25,26)27)8-7-12-10-28-11-16-13(12)4-3-9-31(16)19-17-15(29-20(32)30-19)6-5-14(23)18(17)24/h5-6,10-11H,3-4,9H2,1-2H3,(H,29,30,32). The third kappa shape index (κ3) is 3.68. The average Bonchev–Trinajstić information content (AvgIpc) is 2.73. The molecule has 1 aromatic carbocycles. The average molecular weight is 448 g/mol. The van der Waals surface area contributed by atoms with Crippen LogP contribution in [-0.4, -0.2) is 27.7 Å². The van der Waals surface area contributed by atoms with Crippen LogP contribution in [0.25, 0.3) is 10.9 Å². The maximum atomic E-state index is 14.7. The number of nitrogens with zero attached hydrogens (tertiary/aromatic N) is 3. The number of halogens is 5. The Kier molecular flexibility index (Phi) is 5.15. The largest absolute Gasteiger partial charge is 0.404 e. The minimum atomic E-state index is -4.51. The lowest BCUT2D eigenvalue weighted by Gasteiger charge is -2.31. The highest BCUT2D eigenvalue weighted by Crippen LogP contribution is 2.39. The molecule has 3 aromatic rings. The summed E-state index contributed by atoms with van der Waals surface area (Å²) < 4.78 is 68.1. The van der Waals surface area contributed by atoms with Crippen molar-refractivity contribution in [1.29, 1.82) is 0 Å². The smallest absolute Gasteiger partial charge is 0.324 e. The molecule has 0 saturated carbocycles. The zero-order chi connectivity index (χ0) is 23.3. The van der Waals surface area contributed by atoms with Crippen molar-refractivity contribution in [3.8, 4) is 11.8 Å². The van der Waals surface area contributed by atoms with Gasteiger partial charge in [-0.05, 0) is 44.4 Å². The minimum absolute atomic E-state index is 0.0712. The number of fused-ring (bicyclic) bond motifs is 2. The summed E-state index contributed by atoms with van der Waals surface area (Å²) in [5.74, 6) is 2.48. The van der Waals surface area contributed by atoms with Gasteiger partial charge in [-0.25, -0.2) is 13.6 Å². The highest BCUT2D eigenvalue weighted by atomic mass is 19.4. The molecule has 0 bridgehead atoms. The van der Waals surface area contributed by atoms with Gasteiger partial charge < -0.3 is 9.88 Å². The van der Waals surface area contributed by atoms with Crippen LogP contribution in [0, 0.1) is 28.9 Å². The van der Waals surface area contributed by atoms with E-state index < -0.39 is 28.9 Å². The summed E-state index contributed by atoms with van der Waals surface area (Å²) in [6, 6.07) is 2.14. The summed E-state index contributed by atoms with van der Waals surface area (Å²) in [4.78, 5) is 23.9. The SMILES string of the molecule is CC(C)(C#Cc1cncc2c1CCCN2c1nc(=O)[nH]c2ccc(F)c(F)c12)C(F)(F)F. The second kappa shape index (κ2) is 7.58. The van der Waals surface area contributed by atoms with Crippen LogP contribution in [0.2, 0.25) is 0 Å². The van der Waals surface area contributed by atoms with E-state index in [1.807, 2.05) is 0 Å². The van der Waals surface area contributed by atoms with Crippen LogP contribution in [0.1, 0.15) is 31.4 Å². The number of alkyl halides is 3. The predicted octanol–water partition coefficient (Wildman–Crippen LogP) is 4.62. The molecule has 0 aliphatic carbocycles. The van der Waals surface area contributed by atoms with E-state index in [1.54, 1.807) is 0 Å². The number of rotatable bonds is 1. The van der Waals surface area contributed by atoms with E-state index in [0.717, 1.165) is 19.9 Å². The van der Waals surface area contributed by atoms with Gasteiger partial charge in [-0.15, -0.1) is 0 Å². The van der Waals surface area contributed by atoms with E-state index in [2.05, 4.69) is 26.8 Å². The topological polar surface area (TPSA) is 61.9 Å². The lowest BCUT2D eigenvalue weighted by Crippen LogP contribution is -2.30. The van der Waals surface area contributed by atoms with Crippen LogP contribution in [0.3, 0.4) is 0 Å². The third-order valence-corrected chi connectivity index (χ3v) is 5.38. The third-order valence-electron chi connectivity index (χ3n) is 5.38. The Morgan fingerprint density at radius 3 is 2.62 bits per heavy atom. The Bertz CT molecular complexity index is 1330. The van der Waals surface area contributed by atoms with Crippen LogP contribution in [0.5, 0.6) is 0 Å². The molecule has 1 N–H and O–H groups in total. The summed E-state index contributed by atoms with van der Waals surface area (Å²) in [5, 5.41) is -0.202. The fourth-order valence-electron chi connectivity index (χ4n) is 3.49. The van der Waals surface area contributed by atoms with Crippen LogP contribution in [0.15, 0.2) is 29.3 Å².